The Labute approximate surface area is 133 Å². The number of nitrogens with zero attached hydrogens (tertiary/aromatic N) is 2. The number of anilines is 1. The second-order valence-corrected chi connectivity index (χ2v) is 8.10. The first-order valence-electron chi connectivity index (χ1n) is 7.23. The lowest BCUT2D eigenvalue weighted by molar-refractivity contribution is 0.0985. The van der Waals surface area contributed by atoms with Crippen LogP contribution in [-0.2, 0) is 24.8 Å². The summed E-state index contributed by atoms with van der Waals surface area (Å²) in [5, 5.41) is 0. The Morgan fingerprint density at radius 1 is 1.57 bits per heavy atom. The van der Waals surface area contributed by atoms with Gasteiger partial charge in [-0.1, -0.05) is 0 Å². The van der Waals surface area contributed by atoms with E-state index < -0.39 is 0 Å². The van der Waals surface area contributed by atoms with Crippen LogP contribution in [0.1, 0.15) is 25.5 Å². The van der Waals surface area contributed by atoms with Crippen molar-refractivity contribution in [3.05, 3.63) is 16.5 Å². The van der Waals surface area contributed by atoms with Crippen LogP contribution in [-0.4, -0.2) is 49.1 Å². The van der Waals surface area contributed by atoms with Crippen LogP contribution in [0.2, 0.25) is 0 Å². The monoisotopic (exact) mass is 328 g/mol. The van der Waals surface area contributed by atoms with Crippen molar-refractivity contribution in [1.82, 2.24) is 9.97 Å². The van der Waals surface area contributed by atoms with Crippen LogP contribution in [0.4, 0.5) is 5.82 Å². The molecule has 3 rings (SSSR count). The molecule has 5 nitrogen and oxygen atoms in total. The van der Waals surface area contributed by atoms with Gasteiger partial charge >= 0.3 is 0 Å². The maximum Gasteiger partial charge on any atom is 0.200 e. The zero-order valence-corrected chi connectivity index (χ0v) is 14.4. The fraction of sp³-hybridized carbons (Fsp3) is 0.714. The van der Waals surface area contributed by atoms with Gasteiger partial charge in [0, 0.05) is 25.5 Å². The van der Waals surface area contributed by atoms with Gasteiger partial charge in [-0.05, 0) is 19.1 Å². The Bertz CT molecular complexity index is 574. The third-order valence-corrected chi connectivity index (χ3v) is 6.81. The predicted octanol–water partition coefficient (Wildman–Crippen LogP) is 2.16. The minimum absolute atomic E-state index is 0.106. The molecule has 1 saturated carbocycles. The minimum Gasteiger partial charge on any atom is -0.377 e. The van der Waals surface area contributed by atoms with E-state index in [2.05, 4.69) is 34.1 Å². The number of aromatic nitrogens is 2. The highest BCUT2D eigenvalue weighted by Gasteiger charge is 2.60. The van der Waals surface area contributed by atoms with Crippen molar-refractivity contribution in [2.75, 3.05) is 38.0 Å². The second-order valence-electron chi connectivity index (χ2n) is 5.69. The zero-order chi connectivity index (χ0) is 15.0. The molecule has 1 aromatic heterocycles. The Morgan fingerprint density at radius 3 is 2.95 bits per heavy atom. The Balaban J connectivity index is 1.95. The number of ether oxygens (including phenoxy) is 1. The van der Waals surface area contributed by atoms with Crippen molar-refractivity contribution >= 4 is 29.2 Å². The summed E-state index contributed by atoms with van der Waals surface area (Å²) < 4.78 is 11.8. The Hall–Kier alpha value is -0.630. The largest absolute Gasteiger partial charge is 0.377 e. The Kier molecular flexibility index (Phi) is 4.27. The number of hydrogen-bond donors (Lipinski definition) is 1. The van der Waals surface area contributed by atoms with E-state index in [0.717, 1.165) is 38.4 Å². The van der Waals surface area contributed by atoms with Crippen LogP contribution in [0.15, 0.2) is 6.07 Å². The molecular weight excluding hydrogens is 306 g/mol. The van der Waals surface area contributed by atoms with Gasteiger partial charge in [0.1, 0.15) is 12.1 Å². The van der Waals surface area contributed by atoms with Crippen LogP contribution in [0, 0.1) is 4.77 Å². The standard InChI is InChI=1S/C14H21N3O2S2/c1-10-9-19-7-6-17(10)12-8-11(15-13(20)16-12)14(4-5-14)21(3)18-2/h8,10H,4-7,9H2,1-3H3/p+1. The molecule has 21 heavy (non-hydrogen) atoms. The van der Waals surface area contributed by atoms with Gasteiger partial charge in [0.25, 0.3) is 0 Å². The molecule has 0 radical (unpaired) electrons. The molecule has 0 amide bonds. The summed E-state index contributed by atoms with van der Waals surface area (Å²) in [4.78, 5) is 10.1. The van der Waals surface area contributed by atoms with Crippen LogP contribution in [0.5, 0.6) is 0 Å². The number of aromatic amines is 1. The first-order valence-corrected chi connectivity index (χ1v) is 9.20. The highest BCUT2D eigenvalue weighted by atomic mass is 32.2. The van der Waals surface area contributed by atoms with Crippen molar-refractivity contribution in [1.29, 1.82) is 0 Å². The van der Waals surface area contributed by atoms with E-state index >= 15 is 0 Å². The summed E-state index contributed by atoms with van der Waals surface area (Å²) in [7, 11) is 1.78. The molecule has 2 fully saturated rings. The average Bonchev–Trinajstić information content (AvgIpc) is 3.28. The van der Waals surface area contributed by atoms with Gasteiger partial charge in [0.2, 0.25) is 0 Å². The molecule has 2 atom stereocenters. The summed E-state index contributed by atoms with van der Waals surface area (Å²) in [6.45, 7) is 4.51. The summed E-state index contributed by atoms with van der Waals surface area (Å²) in [6.07, 6.45) is 4.45. The molecule has 0 spiro atoms. The SMILES string of the molecule is CO[S+](C)C1(c2cc(N3CCOCC3C)nc(=S)[nH]2)CC1. The van der Waals surface area contributed by atoms with Crippen LogP contribution in [0.25, 0.3) is 0 Å². The molecule has 1 aliphatic heterocycles. The molecule has 1 saturated heterocycles. The molecule has 0 aromatic carbocycles. The van der Waals surface area contributed by atoms with E-state index in [1.54, 1.807) is 7.11 Å². The lowest BCUT2D eigenvalue weighted by Gasteiger charge is -2.34. The van der Waals surface area contributed by atoms with Crippen molar-refractivity contribution in [3.8, 4) is 0 Å². The van der Waals surface area contributed by atoms with Gasteiger partial charge < -0.3 is 14.6 Å². The summed E-state index contributed by atoms with van der Waals surface area (Å²) >= 11 is 5.25. The van der Waals surface area contributed by atoms with E-state index in [0.29, 0.717) is 10.8 Å². The summed E-state index contributed by atoms with van der Waals surface area (Å²) in [6, 6.07) is 2.49. The Morgan fingerprint density at radius 2 is 2.33 bits per heavy atom. The first kappa shape index (κ1) is 15.3. The lowest BCUT2D eigenvalue weighted by atomic mass is 10.2. The smallest absolute Gasteiger partial charge is 0.200 e. The van der Waals surface area contributed by atoms with Crippen molar-refractivity contribution in [3.63, 3.8) is 0 Å². The number of rotatable bonds is 4. The molecule has 7 heteroatoms. The highest BCUT2D eigenvalue weighted by molar-refractivity contribution is 7.92. The van der Waals surface area contributed by atoms with E-state index in [1.807, 2.05) is 0 Å². The quantitative estimate of drug-likeness (QED) is 0.678. The highest BCUT2D eigenvalue weighted by Crippen LogP contribution is 2.53. The average molecular weight is 328 g/mol. The van der Waals surface area contributed by atoms with Crippen molar-refractivity contribution < 1.29 is 8.92 Å². The van der Waals surface area contributed by atoms with E-state index in [1.165, 1.54) is 5.69 Å². The number of nitrogens with one attached hydrogen (secondary N) is 1. The maximum absolute atomic E-state index is 5.60. The van der Waals surface area contributed by atoms with Gasteiger partial charge in [-0.15, -0.1) is 0 Å². The van der Waals surface area contributed by atoms with Gasteiger partial charge in [0.15, 0.2) is 20.7 Å². The second kappa shape index (κ2) is 5.87. The number of morpholine rings is 1. The molecule has 1 aromatic rings. The number of hydrogen-bond acceptors (Lipinski definition) is 5. The van der Waals surface area contributed by atoms with Gasteiger partial charge in [-0.2, -0.15) is 4.18 Å². The summed E-state index contributed by atoms with van der Waals surface area (Å²) in [5.41, 5.74) is 1.17. The zero-order valence-electron chi connectivity index (χ0n) is 12.7. The molecule has 1 N–H and O–H groups in total. The van der Waals surface area contributed by atoms with Crippen molar-refractivity contribution in [2.45, 2.75) is 30.6 Å². The molecular formula is C14H22N3O2S2+. The van der Waals surface area contributed by atoms with Gasteiger partial charge in [-0.3, -0.25) is 0 Å². The lowest BCUT2D eigenvalue weighted by Crippen LogP contribution is -2.44. The third-order valence-electron chi connectivity index (χ3n) is 4.39. The fourth-order valence-electron chi connectivity index (χ4n) is 2.89. The van der Waals surface area contributed by atoms with Crippen LogP contribution in [0.3, 0.4) is 0 Å². The summed E-state index contributed by atoms with van der Waals surface area (Å²) in [5.74, 6) is 0.962. The van der Waals surface area contributed by atoms with Crippen LogP contribution >= 0.6 is 12.2 Å². The minimum atomic E-state index is -0.106. The number of H-pyrrole nitrogens is 1. The topological polar surface area (TPSA) is 50.4 Å². The fourth-order valence-corrected chi connectivity index (χ4v) is 4.51. The van der Waals surface area contributed by atoms with E-state index in [4.69, 9.17) is 21.1 Å². The molecule has 1 aliphatic carbocycles. The molecule has 2 unspecified atom stereocenters. The van der Waals surface area contributed by atoms with Crippen molar-refractivity contribution in [2.24, 2.45) is 0 Å². The third kappa shape index (κ3) is 2.84. The molecule has 0 bridgehead atoms. The van der Waals surface area contributed by atoms with Crippen LogP contribution < -0.4 is 4.90 Å². The normalized spacial score (nSPS) is 25.7. The van der Waals surface area contributed by atoms with Gasteiger partial charge in [-0.25, -0.2) is 4.98 Å². The van der Waals surface area contributed by atoms with E-state index in [-0.39, 0.29) is 15.9 Å². The maximum atomic E-state index is 5.60. The molecule has 2 aliphatic rings. The van der Waals surface area contributed by atoms with E-state index in [9.17, 15) is 0 Å². The molecule has 116 valence electrons. The predicted molar refractivity (Wildman–Crippen MR) is 88.3 cm³/mol. The molecule has 2 heterocycles. The van der Waals surface area contributed by atoms with Gasteiger partial charge in [0.05, 0.1) is 32.1 Å². The first-order chi connectivity index (χ1) is 10.1.